The fraction of sp³-hybridized carbons (Fsp3) is 0.214. The van der Waals surface area contributed by atoms with Gasteiger partial charge in [-0.05, 0) is 47.0 Å². The number of rotatable bonds is 5. The monoisotopic (exact) mass is 295 g/mol. The number of amides is 1. The zero-order valence-electron chi connectivity index (χ0n) is 10.5. The van der Waals surface area contributed by atoms with Gasteiger partial charge in [0.05, 0.1) is 12.7 Å². The summed E-state index contributed by atoms with van der Waals surface area (Å²) in [6.07, 6.45) is 0.818. The van der Waals surface area contributed by atoms with Crippen LogP contribution in [0.1, 0.15) is 15.9 Å². The average molecular weight is 296 g/mol. The van der Waals surface area contributed by atoms with E-state index in [1.807, 2.05) is 5.38 Å². The van der Waals surface area contributed by atoms with Crippen molar-refractivity contribution in [3.05, 3.63) is 51.2 Å². The highest BCUT2D eigenvalue weighted by Gasteiger charge is 2.12. The van der Waals surface area contributed by atoms with Gasteiger partial charge < -0.3 is 10.1 Å². The molecule has 0 aliphatic heterocycles. The standard InChI is InChI=1S/C14H14ClNO2S/c1-18-13-3-2-11(15)8-12(13)14(17)16-6-4-10-5-7-19-9-10/h2-3,5,7-9H,4,6H2,1H3,(H,16,17). The fourth-order valence-corrected chi connectivity index (χ4v) is 2.58. The van der Waals surface area contributed by atoms with E-state index >= 15 is 0 Å². The van der Waals surface area contributed by atoms with E-state index in [0.29, 0.717) is 22.9 Å². The minimum Gasteiger partial charge on any atom is -0.496 e. The zero-order valence-corrected chi connectivity index (χ0v) is 12.1. The van der Waals surface area contributed by atoms with E-state index in [9.17, 15) is 4.79 Å². The number of benzene rings is 1. The van der Waals surface area contributed by atoms with Crippen LogP contribution < -0.4 is 10.1 Å². The molecule has 1 amide bonds. The molecule has 0 bridgehead atoms. The van der Waals surface area contributed by atoms with Crippen molar-refractivity contribution >= 4 is 28.8 Å². The average Bonchev–Trinajstić information content (AvgIpc) is 2.91. The maximum atomic E-state index is 12.1. The van der Waals surface area contributed by atoms with E-state index in [1.165, 1.54) is 12.7 Å². The van der Waals surface area contributed by atoms with Gasteiger partial charge in [0.1, 0.15) is 5.75 Å². The Labute approximate surface area is 121 Å². The second kappa shape index (κ2) is 6.59. The van der Waals surface area contributed by atoms with Crippen molar-refractivity contribution in [3.63, 3.8) is 0 Å². The van der Waals surface area contributed by atoms with Crippen molar-refractivity contribution in [2.24, 2.45) is 0 Å². The quantitative estimate of drug-likeness (QED) is 0.918. The highest BCUT2D eigenvalue weighted by Crippen LogP contribution is 2.22. The highest BCUT2D eigenvalue weighted by molar-refractivity contribution is 7.07. The van der Waals surface area contributed by atoms with Crippen molar-refractivity contribution < 1.29 is 9.53 Å². The van der Waals surface area contributed by atoms with Crippen LogP contribution in [0.15, 0.2) is 35.0 Å². The Kier molecular flexibility index (Phi) is 4.82. The van der Waals surface area contributed by atoms with E-state index in [-0.39, 0.29) is 5.91 Å². The Morgan fingerprint density at radius 2 is 2.26 bits per heavy atom. The van der Waals surface area contributed by atoms with Crippen LogP contribution in [0.3, 0.4) is 0 Å². The van der Waals surface area contributed by atoms with E-state index in [2.05, 4.69) is 16.8 Å². The van der Waals surface area contributed by atoms with Crippen molar-refractivity contribution in [1.82, 2.24) is 5.32 Å². The third-order valence-corrected chi connectivity index (χ3v) is 3.65. The van der Waals surface area contributed by atoms with Gasteiger partial charge in [0.15, 0.2) is 0 Å². The predicted octanol–water partition coefficient (Wildman–Crippen LogP) is 3.38. The Bertz CT molecular complexity index is 555. The molecule has 0 aliphatic carbocycles. The number of thiophene rings is 1. The van der Waals surface area contributed by atoms with E-state index in [4.69, 9.17) is 16.3 Å². The number of carbonyl (C=O) groups is 1. The summed E-state index contributed by atoms with van der Waals surface area (Å²) in [5.74, 6) is 0.354. The maximum Gasteiger partial charge on any atom is 0.255 e. The second-order valence-electron chi connectivity index (χ2n) is 3.98. The topological polar surface area (TPSA) is 38.3 Å². The van der Waals surface area contributed by atoms with Crippen LogP contribution >= 0.6 is 22.9 Å². The van der Waals surface area contributed by atoms with Crippen molar-refractivity contribution in [2.45, 2.75) is 6.42 Å². The van der Waals surface area contributed by atoms with Crippen LogP contribution in [0, 0.1) is 0 Å². The first-order valence-corrected chi connectivity index (χ1v) is 7.15. The molecule has 1 N–H and O–H groups in total. The summed E-state index contributed by atoms with van der Waals surface area (Å²) in [6, 6.07) is 7.05. The van der Waals surface area contributed by atoms with Crippen LogP contribution in [-0.2, 0) is 6.42 Å². The molecule has 1 aromatic carbocycles. The largest absolute Gasteiger partial charge is 0.496 e. The van der Waals surface area contributed by atoms with Gasteiger partial charge in [-0.15, -0.1) is 0 Å². The molecule has 0 unspecified atom stereocenters. The van der Waals surface area contributed by atoms with Gasteiger partial charge in [-0.25, -0.2) is 0 Å². The van der Waals surface area contributed by atoms with Crippen LogP contribution in [0.4, 0.5) is 0 Å². The lowest BCUT2D eigenvalue weighted by Gasteiger charge is -2.09. The highest BCUT2D eigenvalue weighted by atomic mass is 35.5. The van der Waals surface area contributed by atoms with Gasteiger partial charge in [-0.2, -0.15) is 11.3 Å². The lowest BCUT2D eigenvalue weighted by molar-refractivity contribution is 0.0951. The second-order valence-corrected chi connectivity index (χ2v) is 5.20. The number of methoxy groups -OCH3 is 1. The van der Waals surface area contributed by atoms with Gasteiger partial charge in [0.25, 0.3) is 5.91 Å². The van der Waals surface area contributed by atoms with Crippen LogP contribution in [-0.4, -0.2) is 19.6 Å². The van der Waals surface area contributed by atoms with Crippen LogP contribution in [0.25, 0.3) is 0 Å². The van der Waals surface area contributed by atoms with Crippen molar-refractivity contribution in [3.8, 4) is 5.75 Å². The molecule has 2 aromatic rings. The Balaban J connectivity index is 1.97. The summed E-state index contributed by atoms with van der Waals surface area (Å²) >= 11 is 7.55. The minimum absolute atomic E-state index is 0.172. The minimum atomic E-state index is -0.172. The van der Waals surface area contributed by atoms with E-state index in [1.54, 1.807) is 29.5 Å². The molecule has 0 radical (unpaired) electrons. The third kappa shape index (κ3) is 3.72. The van der Waals surface area contributed by atoms with E-state index in [0.717, 1.165) is 6.42 Å². The molecule has 0 saturated heterocycles. The third-order valence-electron chi connectivity index (χ3n) is 2.69. The summed E-state index contributed by atoms with van der Waals surface area (Å²) in [5, 5.41) is 7.48. The molecule has 1 aromatic heterocycles. The molecule has 1 heterocycles. The van der Waals surface area contributed by atoms with Crippen LogP contribution in [0.2, 0.25) is 5.02 Å². The maximum absolute atomic E-state index is 12.1. The lowest BCUT2D eigenvalue weighted by Crippen LogP contribution is -2.26. The summed E-state index contributed by atoms with van der Waals surface area (Å²) in [5.41, 5.74) is 1.68. The Hall–Kier alpha value is -1.52. The van der Waals surface area contributed by atoms with Gasteiger partial charge in [-0.3, -0.25) is 4.79 Å². The lowest BCUT2D eigenvalue weighted by atomic mass is 10.2. The summed E-state index contributed by atoms with van der Waals surface area (Å²) in [7, 11) is 1.53. The van der Waals surface area contributed by atoms with Gasteiger partial charge in [-0.1, -0.05) is 11.6 Å². The molecule has 0 aliphatic rings. The number of carbonyl (C=O) groups excluding carboxylic acids is 1. The first kappa shape index (κ1) is 13.9. The molecule has 0 atom stereocenters. The molecule has 19 heavy (non-hydrogen) atoms. The fourth-order valence-electron chi connectivity index (χ4n) is 1.71. The predicted molar refractivity (Wildman–Crippen MR) is 78.4 cm³/mol. The normalized spacial score (nSPS) is 10.2. The van der Waals surface area contributed by atoms with E-state index < -0.39 is 0 Å². The van der Waals surface area contributed by atoms with Crippen molar-refractivity contribution in [1.29, 1.82) is 0 Å². The number of halogens is 1. The van der Waals surface area contributed by atoms with Gasteiger partial charge in [0.2, 0.25) is 0 Å². The Morgan fingerprint density at radius 1 is 1.42 bits per heavy atom. The molecular formula is C14H14ClNO2S. The summed E-state index contributed by atoms with van der Waals surface area (Å²) in [6.45, 7) is 0.589. The first-order chi connectivity index (χ1) is 9.20. The number of nitrogens with one attached hydrogen (secondary N) is 1. The summed E-state index contributed by atoms with van der Waals surface area (Å²) < 4.78 is 5.16. The van der Waals surface area contributed by atoms with Gasteiger partial charge >= 0.3 is 0 Å². The smallest absolute Gasteiger partial charge is 0.255 e. The van der Waals surface area contributed by atoms with Crippen molar-refractivity contribution in [2.75, 3.05) is 13.7 Å². The van der Waals surface area contributed by atoms with Gasteiger partial charge in [0, 0.05) is 11.6 Å². The SMILES string of the molecule is COc1ccc(Cl)cc1C(=O)NCCc1ccsc1. The first-order valence-electron chi connectivity index (χ1n) is 5.83. The number of hydrogen-bond acceptors (Lipinski definition) is 3. The molecule has 2 rings (SSSR count). The number of hydrogen-bond donors (Lipinski definition) is 1. The Morgan fingerprint density at radius 3 is 2.95 bits per heavy atom. The molecule has 3 nitrogen and oxygen atoms in total. The molecule has 0 saturated carbocycles. The molecule has 100 valence electrons. The number of ether oxygens (including phenoxy) is 1. The van der Waals surface area contributed by atoms with Crippen LogP contribution in [0.5, 0.6) is 5.75 Å². The molecule has 0 fully saturated rings. The molecule has 5 heteroatoms. The zero-order chi connectivity index (χ0) is 13.7. The molecular weight excluding hydrogens is 282 g/mol. The molecule has 0 spiro atoms. The summed E-state index contributed by atoms with van der Waals surface area (Å²) in [4.78, 5) is 12.1.